The van der Waals surface area contributed by atoms with Crippen molar-refractivity contribution in [2.24, 2.45) is 5.92 Å². The zero-order chi connectivity index (χ0) is 11.4. The van der Waals surface area contributed by atoms with Gasteiger partial charge in [-0.05, 0) is 57.2 Å². The second-order valence-corrected chi connectivity index (χ2v) is 6.37. The average Bonchev–Trinajstić information content (AvgIpc) is 2.73. The van der Waals surface area contributed by atoms with Crippen LogP contribution in [0, 0.1) is 12.8 Å². The predicted molar refractivity (Wildman–Crippen MR) is 72.2 cm³/mol. The molecule has 2 rings (SSSR count). The molecule has 16 heavy (non-hydrogen) atoms. The highest BCUT2D eigenvalue weighted by molar-refractivity contribution is 7.11. The highest BCUT2D eigenvalue weighted by Gasteiger charge is 2.19. The third-order valence-electron chi connectivity index (χ3n) is 3.72. The highest BCUT2D eigenvalue weighted by Crippen LogP contribution is 2.23. The predicted octanol–water partition coefficient (Wildman–Crippen LogP) is 3.77. The van der Waals surface area contributed by atoms with Gasteiger partial charge in [-0.15, -0.1) is 11.3 Å². The minimum atomic E-state index is 0.765. The van der Waals surface area contributed by atoms with Gasteiger partial charge >= 0.3 is 0 Å². The number of piperidine rings is 1. The summed E-state index contributed by atoms with van der Waals surface area (Å²) in [5.74, 6) is 0.969. The lowest BCUT2D eigenvalue weighted by molar-refractivity contribution is 0.285. The summed E-state index contributed by atoms with van der Waals surface area (Å²) in [5, 5.41) is 3.67. The fourth-order valence-corrected chi connectivity index (χ4v) is 3.53. The van der Waals surface area contributed by atoms with E-state index in [0.29, 0.717) is 0 Å². The first-order valence-electron chi connectivity index (χ1n) is 6.56. The highest BCUT2D eigenvalue weighted by atomic mass is 32.1. The van der Waals surface area contributed by atoms with Crippen LogP contribution >= 0.6 is 11.3 Å². The quantitative estimate of drug-likeness (QED) is 0.840. The number of nitrogens with one attached hydrogen (secondary N) is 1. The fourth-order valence-electron chi connectivity index (χ4n) is 2.62. The number of hydrogen-bond acceptors (Lipinski definition) is 2. The third-order valence-corrected chi connectivity index (χ3v) is 4.78. The number of thiophene rings is 1. The molecule has 0 saturated carbocycles. The van der Waals surface area contributed by atoms with Crippen molar-refractivity contribution in [3.05, 3.63) is 21.9 Å². The molecule has 0 amide bonds. The molecule has 1 aromatic rings. The second kappa shape index (κ2) is 5.83. The Morgan fingerprint density at radius 3 is 3.00 bits per heavy atom. The molecule has 90 valence electrons. The molecule has 0 spiro atoms. The Kier molecular flexibility index (Phi) is 4.42. The lowest BCUT2D eigenvalue weighted by Crippen LogP contribution is -2.38. The van der Waals surface area contributed by atoms with E-state index in [2.05, 4.69) is 31.3 Å². The summed E-state index contributed by atoms with van der Waals surface area (Å²) in [5.41, 5.74) is 0. The van der Waals surface area contributed by atoms with E-state index in [1.807, 2.05) is 11.3 Å². The summed E-state index contributed by atoms with van der Waals surface area (Å²) in [6.45, 7) is 5.75. The van der Waals surface area contributed by atoms with Gasteiger partial charge in [-0.3, -0.25) is 0 Å². The minimum Gasteiger partial charge on any atom is -0.314 e. The van der Waals surface area contributed by atoms with Gasteiger partial charge < -0.3 is 5.32 Å². The van der Waals surface area contributed by atoms with Gasteiger partial charge in [-0.1, -0.05) is 13.3 Å². The van der Waals surface area contributed by atoms with E-state index >= 15 is 0 Å². The zero-order valence-electron chi connectivity index (χ0n) is 10.5. The van der Waals surface area contributed by atoms with Crippen LogP contribution in [0.3, 0.4) is 0 Å². The Morgan fingerprint density at radius 1 is 1.44 bits per heavy atom. The molecule has 0 aromatic carbocycles. The van der Waals surface area contributed by atoms with E-state index in [9.17, 15) is 0 Å². The number of hydrogen-bond donors (Lipinski definition) is 1. The molecule has 2 atom stereocenters. The zero-order valence-corrected chi connectivity index (χ0v) is 11.3. The van der Waals surface area contributed by atoms with Crippen LogP contribution in [-0.4, -0.2) is 12.6 Å². The Balaban J connectivity index is 1.77. The molecular formula is C14H23NS. The third kappa shape index (κ3) is 3.33. The monoisotopic (exact) mass is 237 g/mol. The van der Waals surface area contributed by atoms with Crippen molar-refractivity contribution in [3.63, 3.8) is 0 Å². The largest absolute Gasteiger partial charge is 0.314 e. The number of rotatable bonds is 4. The lowest BCUT2D eigenvalue weighted by Gasteiger charge is -2.29. The van der Waals surface area contributed by atoms with E-state index in [-0.39, 0.29) is 0 Å². The van der Waals surface area contributed by atoms with E-state index < -0.39 is 0 Å². The summed E-state index contributed by atoms with van der Waals surface area (Å²) in [4.78, 5) is 3.00. The maximum Gasteiger partial charge on any atom is 0.00731 e. The van der Waals surface area contributed by atoms with E-state index in [1.54, 1.807) is 4.88 Å². The van der Waals surface area contributed by atoms with Gasteiger partial charge in [0.2, 0.25) is 0 Å². The van der Waals surface area contributed by atoms with E-state index in [4.69, 9.17) is 0 Å². The molecule has 1 nitrogen and oxygen atoms in total. The van der Waals surface area contributed by atoms with Crippen LogP contribution in [0.4, 0.5) is 0 Å². The smallest absolute Gasteiger partial charge is 0.00731 e. The van der Waals surface area contributed by atoms with Crippen LogP contribution in [0.15, 0.2) is 12.1 Å². The second-order valence-electron chi connectivity index (χ2n) is 5.00. The SMILES string of the molecule is CCC1CCNC(CCc2ccc(C)s2)C1. The molecule has 2 heteroatoms. The molecule has 1 saturated heterocycles. The molecule has 0 radical (unpaired) electrons. The summed E-state index contributed by atoms with van der Waals surface area (Å²) in [6, 6.07) is 5.30. The van der Waals surface area contributed by atoms with Crippen molar-refractivity contribution >= 4 is 11.3 Å². The van der Waals surface area contributed by atoms with Gasteiger partial charge in [0.1, 0.15) is 0 Å². The van der Waals surface area contributed by atoms with Crippen LogP contribution in [0.2, 0.25) is 0 Å². The molecule has 0 bridgehead atoms. The molecule has 1 aromatic heterocycles. The Morgan fingerprint density at radius 2 is 2.31 bits per heavy atom. The Hall–Kier alpha value is -0.340. The molecule has 1 fully saturated rings. The van der Waals surface area contributed by atoms with Crippen molar-refractivity contribution in [2.75, 3.05) is 6.54 Å². The topological polar surface area (TPSA) is 12.0 Å². The van der Waals surface area contributed by atoms with Crippen LogP contribution in [0.5, 0.6) is 0 Å². The fraction of sp³-hybridized carbons (Fsp3) is 0.714. The van der Waals surface area contributed by atoms with E-state index in [1.165, 1.54) is 43.5 Å². The lowest BCUT2D eigenvalue weighted by atomic mass is 9.88. The average molecular weight is 237 g/mol. The summed E-state index contributed by atoms with van der Waals surface area (Å²) < 4.78 is 0. The van der Waals surface area contributed by atoms with Gasteiger partial charge in [0.05, 0.1) is 0 Å². The van der Waals surface area contributed by atoms with Gasteiger partial charge in [-0.25, -0.2) is 0 Å². The van der Waals surface area contributed by atoms with Gasteiger partial charge in [0.25, 0.3) is 0 Å². The van der Waals surface area contributed by atoms with Crippen LogP contribution in [0.1, 0.15) is 42.4 Å². The Bertz CT molecular complexity index is 318. The minimum absolute atomic E-state index is 0.765. The molecule has 1 aliphatic rings. The van der Waals surface area contributed by atoms with Crippen molar-refractivity contribution in [2.45, 2.75) is 52.0 Å². The first-order valence-corrected chi connectivity index (χ1v) is 7.38. The standard InChI is InChI=1S/C14H23NS/c1-3-12-8-9-15-13(10-12)5-7-14-6-4-11(2)16-14/h4,6,12-13,15H,3,5,7-10H2,1-2H3. The molecule has 1 aliphatic heterocycles. The maximum absolute atomic E-state index is 3.67. The van der Waals surface area contributed by atoms with Crippen molar-refractivity contribution in [3.8, 4) is 0 Å². The summed E-state index contributed by atoms with van der Waals surface area (Å²) in [7, 11) is 0. The van der Waals surface area contributed by atoms with Gasteiger partial charge in [-0.2, -0.15) is 0 Å². The van der Waals surface area contributed by atoms with Gasteiger partial charge in [0.15, 0.2) is 0 Å². The van der Waals surface area contributed by atoms with Gasteiger partial charge in [0, 0.05) is 15.8 Å². The number of aryl methyl sites for hydroxylation is 2. The van der Waals surface area contributed by atoms with Crippen molar-refractivity contribution in [1.82, 2.24) is 5.32 Å². The molecule has 2 unspecified atom stereocenters. The molecule has 2 heterocycles. The van der Waals surface area contributed by atoms with Crippen LogP contribution in [0.25, 0.3) is 0 Å². The van der Waals surface area contributed by atoms with Crippen molar-refractivity contribution < 1.29 is 0 Å². The van der Waals surface area contributed by atoms with Crippen molar-refractivity contribution in [1.29, 1.82) is 0 Å². The molecule has 1 N–H and O–H groups in total. The first-order chi connectivity index (χ1) is 7.78. The Labute approximate surface area is 103 Å². The molecule has 0 aliphatic carbocycles. The summed E-state index contributed by atoms with van der Waals surface area (Å²) in [6.07, 6.45) is 6.70. The normalized spacial score (nSPS) is 25.9. The molecular weight excluding hydrogens is 214 g/mol. The van der Waals surface area contributed by atoms with Crippen LogP contribution < -0.4 is 5.32 Å². The first kappa shape index (κ1) is 12.1. The van der Waals surface area contributed by atoms with Crippen LogP contribution in [-0.2, 0) is 6.42 Å². The maximum atomic E-state index is 3.67. The van der Waals surface area contributed by atoms with E-state index in [0.717, 1.165) is 12.0 Å². The summed E-state index contributed by atoms with van der Waals surface area (Å²) >= 11 is 1.96.